The maximum atomic E-state index is 13.2. The molecule has 1 atom stereocenters. The smallest absolute Gasteiger partial charge is 0.262 e. The Bertz CT molecular complexity index is 1710. The topological polar surface area (TPSA) is 116 Å². The van der Waals surface area contributed by atoms with Crippen molar-refractivity contribution in [3.8, 4) is 11.1 Å². The van der Waals surface area contributed by atoms with Crippen LogP contribution in [0, 0.1) is 0 Å². The molecule has 1 unspecified atom stereocenters. The minimum atomic E-state index is -0.962. The van der Waals surface area contributed by atoms with Gasteiger partial charge in [-0.3, -0.25) is 34.3 Å². The summed E-state index contributed by atoms with van der Waals surface area (Å²) >= 11 is 1.63. The number of piperidine rings is 1. The molecule has 206 valence electrons. The van der Waals surface area contributed by atoms with E-state index in [-0.39, 0.29) is 18.7 Å². The van der Waals surface area contributed by atoms with Crippen LogP contribution in [0.5, 0.6) is 0 Å². The Hall–Kier alpha value is -4.48. The zero-order valence-electron chi connectivity index (χ0n) is 22.1. The zero-order valence-corrected chi connectivity index (χ0v) is 22.9. The number of nitrogens with one attached hydrogen (secondary N) is 1. The molecule has 2 aromatic heterocycles. The van der Waals surface area contributed by atoms with Gasteiger partial charge >= 0.3 is 0 Å². The monoisotopic (exact) mass is 566 g/mol. The molecular formula is C30H26N6O4S. The van der Waals surface area contributed by atoms with Gasteiger partial charge in [0.15, 0.2) is 0 Å². The fraction of sp³-hybridized carbons (Fsp3) is 0.267. The SMILES string of the molecule is O=C1CCC(N2C(=O)c3ccc(CN4CCN(c5ncnc6scc(-c7ccccc7)c56)CC4)cc3C2=O)C(=O)N1. The number of imide groups is 2. The highest BCUT2D eigenvalue weighted by Gasteiger charge is 2.44. The first-order chi connectivity index (χ1) is 20.0. The Morgan fingerprint density at radius 3 is 2.44 bits per heavy atom. The maximum Gasteiger partial charge on any atom is 0.262 e. The van der Waals surface area contributed by atoms with Gasteiger partial charge in [0.25, 0.3) is 11.8 Å². The number of carbonyl (C=O) groups is 4. The van der Waals surface area contributed by atoms with Gasteiger partial charge < -0.3 is 4.90 Å². The highest BCUT2D eigenvalue weighted by molar-refractivity contribution is 7.17. The number of hydrogen-bond acceptors (Lipinski definition) is 9. The van der Waals surface area contributed by atoms with Gasteiger partial charge in [-0.15, -0.1) is 11.3 Å². The molecule has 4 amide bonds. The molecule has 0 bridgehead atoms. The Morgan fingerprint density at radius 2 is 1.66 bits per heavy atom. The van der Waals surface area contributed by atoms with Crippen molar-refractivity contribution in [2.45, 2.75) is 25.4 Å². The third kappa shape index (κ3) is 4.47. The number of fused-ring (bicyclic) bond motifs is 2. The lowest BCUT2D eigenvalue weighted by Crippen LogP contribution is -2.54. The van der Waals surface area contributed by atoms with Crippen LogP contribution in [-0.2, 0) is 16.1 Å². The van der Waals surface area contributed by atoms with Crippen LogP contribution in [0.1, 0.15) is 39.1 Å². The number of aromatic nitrogens is 2. The van der Waals surface area contributed by atoms with Crippen LogP contribution in [0.4, 0.5) is 5.82 Å². The number of benzene rings is 2. The molecule has 2 fully saturated rings. The summed E-state index contributed by atoms with van der Waals surface area (Å²) < 4.78 is 0. The Kier molecular flexibility index (Phi) is 6.32. The van der Waals surface area contributed by atoms with Crippen molar-refractivity contribution in [2.75, 3.05) is 31.1 Å². The Balaban J connectivity index is 1.05. The van der Waals surface area contributed by atoms with E-state index in [1.807, 2.05) is 24.3 Å². The fourth-order valence-corrected chi connectivity index (χ4v) is 6.83. The van der Waals surface area contributed by atoms with E-state index < -0.39 is 23.8 Å². The predicted molar refractivity (Wildman–Crippen MR) is 153 cm³/mol. The normalized spacial score (nSPS) is 19.7. The zero-order chi connectivity index (χ0) is 28.1. The van der Waals surface area contributed by atoms with Gasteiger partial charge in [0.2, 0.25) is 11.8 Å². The first kappa shape index (κ1) is 25.5. The van der Waals surface area contributed by atoms with Crippen LogP contribution in [0.15, 0.2) is 60.2 Å². The van der Waals surface area contributed by atoms with E-state index in [0.29, 0.717) is 17.7 Å². The van der Waals surface area contributed by atoms with Crippen LogP contribution in [0.2, 0.25) is 0 Å². The van der Waals surface area contributed by atoms with E-state index in [1.165, 1.54) is 0 Å². The van der Waals surface area contributed by atoms with Crippen molar-refractivity contribution in [3.05, 3.63) is 76.9 Å². The first-order valence-electron chi connectivity index (χ1n) is 13.6. The van der Waals surface area contributed by atoms with E-state index in [1.54, 1.807) is 29.8 Å². The summed E-state index contributed by atoms with van der Waals surface area (Å²) in [5, 5.41) is 5.46. The second kappa shape index (κ2) is 10.2. The van der Waals surface area contributed by atoms with Crippen LogP contribution in [0.25, 0.3) is 21.3 Å². The summed E-state index contributed by atoms with van der Waals surface area (Å²) in [6.07, 6.45) is 1.88. The molecule has 11 heteroatoms. The fourth-order valence-electron chi connectivity index (χ4n) is 5.92. The molecule has 1 N–H and O–H groups in total. The summed E-state index contributed by atoms with van der Waals surface area (Å²) in [4.78, 5) is 65.9. The lowest BCUT2D eigenvalue weighted by molar-refractivity contribution is -0.136. The van der Waals surface area contributed by atoms with Gasteiger partial charge in [-0.2, -0.15) is 0 Å². The van der Waals surface area contributed by atoms with E-state index in [9.17, 15) is 19.2 Å². The quantitative estimate of drug-likeness (QED) is 0.367. The molecule has 5 heterocycles. The standard InChI is InChI=1S/C30H26N6O4S/c37-24-9-8-23(27(38)33-24)36-29(39)20-7-6-18(14-21(20)30(36)40)15-34-10-12-35(13-11-34)26-25-22(19-4-2-1-3-5-19)16-41-28(25)32-17-31-26/h1-7,14,16-17,23H,8-13,15H2,(H,33,37,38). The van der Waals surface area contributed by atoms with Crippen LogP contribution in [-0.4, -0.2) is 75.6 Å². The number of hydrogen-bond donors (Lipinski definition) is 1. The van der Waals surface area contributed by atoms with Gasteiger partial charge in [-0.1, -0.05) is 36.4 Å². The molecule has 41 heavy (non-hydrogen) atoms. The molecule has 0 spiro atoms. The van der Waals surface area contributed by atoms with Crippen LogP contribution >= 0.6 is 11.3 Å². The van der Waals surface area contributed by atoms with Gasteiger partial charge in [-0.05, 0) is 29.7 Å². The van der Waals surface area contributed by atoms with Gasteiger partial charge in [0.05, 0.1) is 16.5 Å². The Morgan fingerprint density at radius 1 is 0.878 bits per heavy atom. The minimum Gasteiger partial charge on any atom is -0.353 e. The summed E-state index contributed by atoms with van der Waals surface area (Å²) in [7, 11) is 0. The molecular weight excluding hydrogens is 540 g/mol. The lowest BCUT2D eigenvalue weighted by Gasteiger charge is -2.35. The van der Waals surface area contributed by atoms with Gasteiger partial charge in [0, 0.05) is 50.1 Å². The van der Waals surface area contributed by atoms with Crippen molar-refractivity contribution in [1.82, 2.24) is 25.1 Å². The largest absolute Gasteiger partial charge is 0.353 e. The van der Waals surface area contributed by atoms with Gasteiger partial charge in [-0.25, -0.2) is 9.97 Å². The molecule has 0 aliphatic carbocycles. The minimum absolute atomic E-state index is 0.0988. The number of carbonyl (C=O) groups excluding carboxylic acids is 4. The number of amides is 4. The van der Waals surface area contributed by atoms with Crippen molar-refractivity contribution in [3.63, 3.8) is 0 Å². The van der Waals surface area contributed by atoms with Crippen LogP contribution in [0.3, 0.4) is 0 Å². The summed E-state index contributed by atoms with van der Waals surface area (Å²) in [5.41, 5.74) is 3.83. The second-order valence-corrected chi connectivity index (χ2v) is 11.3. The molecule has 10 nitrogen and oxygen atoms in total. The second-order valence-electron chi connectivity index (χ2n) is 10.5. The molecule has 0 saturated carbocycles. The molecule has 7 rings (SSSR count). The summed E-state index contributed by atoms with van der Waals surface area (Å²) in [6.45, 7) is 3.84. The van der Waals surface area contributed by atoms with Crippen molar-refractivity contribution in [2.24, 2.45) is 0 Å². The summed E-state index contributed by atoms with van der Waals surface area (Å²) in [5.74, 6) is -1.01. The van der Waals surface area contributed by atoms with Crippen LogP contribution < -0.4 is 10.2 Å². The number of nitrogens with zero attached hydrogens (tertiary/aromatic N) is 5. The Labute approximate surface area is 239 Å². The summed E-state index contributed by atoms with van der Waals surface area (Å²) in [6, 6.07) is 14.6. The average molecular weight is 567 g/mol. The molecule has 3 aliphatic heterocycles. The molecule has 0 radical (unpaired) electrons. The highest BCUT2D eigenvalue weighted by Crippen LogP contribution is 2.38. The third-order valence-corrected chi connectivity index (χ3v) is 8.90. The molecule has 4 aromatic rings. The average Bonchev–Trinajstić information content (AvgIpc) is 3.53. The maximum absolute atomic E-state index is 13.2. The number of piperazine rings is 1. The van der Waals surface area contributed by atoms with E-state index >= 15 is 0 Å². The third-order valence-electron chi connectivity index (χ3n) is 8.02. The van der Waals surface area contributed by atoms with E-state index in [2.05, 4.69) is 42.6 Å². The molecule has 2 aromatic carbocycles. The number of rotatable bonds is 5. The highest BCUT2D eigenvalue weighted by atomic mass is 32.1. The number of anilines is 1. The van der Waals surface area contributed by atoms with E-state index in [0.717, 1.165) is 63.8 Å². The van der Waals surface area contributed by atoms with Crippen molar-refractivity contribution in [1.29, 1.82) is 0 Å². The van der Waals surface area contributed by atoms with E-state index in [4.69, 9.17) is 0 Å². The molecule has 3 aliphatic rings. The first-order valence-corrected chi connectivity index (χ1v) is 14.5. The van der Waals surface area contributed by atoms with Crippen molar-refractivity contribution < 1.29 is 19.2 Å². The number of thiophene rings is 1. The molecule has 2 saturated heterocycles. The predicted octanol–water partition coefficient (Wildman–Crippen LogP) is 3.08. The van der Waals surface area contributed by atoms with Gasteiger partial charge in [0.1, 0.15) is 23.0 Å². The van der Waals surface area contributed by atoms with Crippen molar-refractivity contribution >= 4 is 51.0 Å². The lowest BCUT2D eigenvalue weighted by atomic mass is 10.0.